The third-order valence-corrected chi connectivity index (χ3v) is 5.22. The molecule has 0 spiro atoms. The molecular formula is C16H18N2S2. The zero-order chi connectivity index (χ0) is 14.4. The molecule has 1 N–H and O–H groups in total. The van der Waals surface area contributed by atoms with Crippen LogP contribution in [-0.4, -0.2) is 11.8 Å². The summed E-state index contributed by atoms with van der Waals surface area (Å²) in [6.07, 6.45) is 0. The number of rotatable bonds is 6. The van der Waals surface area contributed by atoms with E-state index in [-0.39, 0.29) is 6.04 Å². The van der Waals surface area contributed by atoms with E-state index in [2.05, 4.69) is 36.7 Å². The van der Waals surface area contributed by atoms with Gasteiger partial charge in [0.15, 0.2) is 0 Å². The van der Waals surface area contributed by atoms with E-state index in [1.54, 1.807) is 23.1 Å². The van der Waals surface area contributed by atoms with Gasteiger partial charge in [-0.2, -0.15) is 5.26 Å². The molecule has 0 saturated heterocycles. The molecule has 4 heteroatoms. The van der Waals surface area contributed by atoms with Gasteiger partial charge in [0, 0.05) is 11.8 Å². The fraction of sp³-hybridized carbons (Fsp3) is 0.312. The maximum atomic E-state index is 9.79. The van der Waals surface area contributed by atoms with Crippen LogP contribution in [0.25, 0.3) is 0 Å². The standard InChI is InChI=1S/C16H18N2S2/c1-13(2)18-16(11-17,14-7-4-3-5-8-14)12-20-15-9-6-10-19-15/h3-10,13,18H,12H2,1-2H3. The Labute approximate surface area is 128 Å². The summed E-state index contributed by atoms with van der Waals surface area (Å²) in [6.45, 7) is 4.15. The molecule has 104 valence electrons. The van der Waals surface area contributed by atoms with Crippen molar-refractivity contribution in [2.24, 2.45) is 0 Å². The predicted octanol–water partition coefficient (Wildman–Crippen LogP) is 4.26. The van der Waals surface area contributed by atoms with Crippen molar-refractivity contribution in [1.29, 1.82) is 5.26 Å². The number of hydrogen-bond donors (Lipinski definition) is 1. The number of hydrogen-bond acceptors (Lipinski definition) is 4. The quantitative estimate of drug-likeness (QED) is 0.810. The van der Waals surface area contributed by atoms with Gasteiger partial charge in [-0.1, -0.05) is 36.4 Å². The van der Waals surface area contributed by atoms with Crippen LogP contribution in [0.3, 0.4) is 0 Å². The van der Waals surface area contributed by atoms with Crippen LogP contribution in [0.1, 0.15) is 19.4 Å². The summed E-state index contributed by atoms with van der Waals surface area (Å²) >= 11 is 3.44. The first-order chi connectivity index (χ1) is 9.66. The maximum Gasteiger partial charge on any atom is 0.141 e. The van der Waals surface area contributed by atoms with Crippen LogP contribution in [0, 0.1) is 11.3 Å². The average Bonchev–Trinajstić information content (AvgIpc) is 2.97. The lowest BCUT2D eigenvalue weighted by molar-refractivity contribution is 0.425. The Morgan fingerprint density at radius 1 is 1.25 bits per heavy atom. The van der Waals surface area contributed by atoms with Gasteiger partial charge in [-0.25, -0.2) is 0 Å². The topological polar surface area (TPSA) is 35.8 Å². The number of thiophene rings is 1. The monoisotopic (exact) mass is 302 g/mol. The van der Waals surface area contributed by atoms with Crippen molar-refractivity contribution >= 4 is 23.1 Å². The Balaban J connectivity index is 2.25. The van der Waals surface area contributed by atoms with Crippen molar-refractivity contribution in [3.05, 3.63) is 53.4 Å². The van der Waals surface area contributed by atoms with Crippen molar-refractivity contribution < 1.29 is 0 Å². The van der Waals surface area contributed by atoms with E-state index in [4.69, 9.17) is 0 Å². The van der Waals surface area contributed by atoms with Crippen LogP contribution in [-0.2, 0) is 5.54 Å². The molecule has 0 aliphatic rings. The van der Waals surface area contributed by atoms with Gasteiger partial charge in [0.1, 0.15) is 5.54 Å². The van der Waals surface area contributed by atoms with Crippen molar-refractivity contribution in [2.75, 3.05) is 5.75 Å². The lowest BCUT2D eigenvalue weighted by Gasteiger charge is -2.30. The van der Waals surface area contributed by atoms with Gasteiger partial charge in [-0.3, -0.25) is 5.32 Å². The first-order valence-corrected chi connectivity index (χ1v) is 8.43. The highest BCUT2D eigenvalue weighted by atomic mass is 32.2. The van der Waals surface area contributed by atoms with Crippen LogP contribution in [0.5, 0.6) is 0 Å². The van der Waals surface area contributed by atoms with Gasteiger partial charge in [0.25, 0.3) is 0 Å². The lowest BCUT2D eigenvalue weighted by atomic mass is 9.92. The minimum Gasteiger partial charge on any atom is -0.293 e. The summed E-state index contributed by atoms with van der Waals surface area (Å²) < 4.78 is 1.24. The second kappa shape index (κ2) is 6.94. The average molecular weight is 302 g/mol. The molecular weight excluding hydrogens is 284 g/mol. The van der Waals surface area contributed by atoms with Gasteiger partial charge in [-0.15, -0.1) is 23.1 Å². The van der Waals surface area contributed by atoms with Crippen molar-refractivity contribution in [1.82, 2.24) is 5.32 Å². The van der Waals surface area contributed by atoms with E-state index in [1.165, 1.54) is 4.21 Å². The largest absolute Gasteiger partial charge is 0.293 e. The molecule has 0 aliphatic carbocycles. The van der Waals surface area contributed by atoms with Crippen LogP contribution < -0.4 is 5.32 Å². The molecule has 2 nitrogen and oxygen atoms in total. The van der Waals surface area contributed by atoms with E-state index in [0.717, 1.165) is 5.56 Å². The lowest BCUT2D eigenvalue weighted by Crippen LogP contribution is -2.47. The molecule has 0 bridgehead atoms. The number of thioether (sulfide) groups is 1. The second-order valence-electron chi connectivity index (χ2n) is 4.90. The van der Waals surface area contributed by atoms with E-state index in [0.29, 0.717) is 5.75 Å². The van der Waals surface area contributed by atoms with Gasteiger partial charge in [-0.05, 0) is 30.9 Å². The highest BCUT2D eigenvalue weighted by molar-refractivity contribution is 8.01. The fourth-order valence-corrected chi connectivity index (χ4v) is 3.99. The van der Waals surface area contributed by atoms with Crippen molar-refractivity contribution in [2.45, 2.75) is 29.6 Å². The Hall–Kier alpha value is -1.28. The molecule has 0 aliphatic heterocycles. The van der Waals surface area contributed by atoms with Crippen LogP contribution in [0.4, 0.5) is 0 Å². The smallest absolute Gasteiger partial charge is 0.141 e. The Morgan fingerprint density at radius 3 is 2.55 bits per heavy atom. The molecule has 1 heterocycles. The Kier molecular flexibility index (Phi) is 5.24. The minimum atomic E-state index is -0.649. The summed E-state index contributed by atoms with van der Waals surface area (Å²) in [6, 6.07) is 16.9. The zero-order valence-corrected chi connectivity index (χ0v) is 13.3. The predicted molar refractivity (Wildman–Crippen MR) is 87.0 cm³/mol. The van der Waals surface area contributed by atoms with Gasteiger partial charge in [0.05, 0.1) is 10.3 Å². The maximum absolute atomic E-state index is 9.79. The highest BCUT2D eigenvalue weighted by Crippen LogP contribution is 2.32. The minimum absolute atomic E-state index is 0.249. The zero-order valence-electron chi connectivity index (χ0n) is 11.7. The van der Waals surface area contributed by atoms with E-state index in [1.807, 2.05) is 36.4 Å². The van der Waals surface area contributed by atoms with Crippen molar-refractivity contribution in [3.63, 3.8) is 0 Å². The molecule has 20 heavy (non-hydrogen) atoms. The molecule has 1 atom stereocenters. The molecule has 2 rings (SSSR count). The van der Waals surface area contributed by atoms with Crippen molar-refractivity contribution in [3.8, 4) is 6.07 Å². The number of nitriles is 1. The van der Waals surface area contributed by atoms with E-state index >= 15 is 0 Å². The Morgan fingerprint density at radius 2 is 2.00 bits per heavy atom. The number of nitrogens with one attached hydrogen (secondary N) is 1. The van der Waals surface area contributed by atoms with E-state index < -0.39 is 5.54 Å². The van der Waals surface area contributed by atoms with Crippen LogP contribution >= 0.6 is 23.1 Å². The highest BCUT2D eigenvalue weighted by Gasteiger charge is 2.33. The summed E-state index contributed by atoms with van der Waals surface area (Å²) in [5.74, 6) is 0.701. The molecule has 0 fully saturated rings. The third-order valence-electron chi connectivity index (χ3n) is 2.92. The Bertz CT molecular complexity index is 558. The number of nitrogens with zero attached hydrogens (tertiary/aromatic N) is 1. The van der Waals surface area contributed by atoms with Gasteiger partial charge < -0.3 is 0 Å². The third kappa shape index (κ3) is 3.63. The van der Waals surface area contributed by atoms with Crippen LogP contribution in [0.2, 0.25) is 0 Å². The summed E-state index contributed by atoms with van der Waals surface area (Å²) in [5, 5.41) is 15.3. The van der Waals surface area contributed by atoms with Gasteiger partial charge >= 0.3 is 0 Å². The normalized spacial score (nSPS) is 13.9. The molecule has 1 unspecified atom stereocenters. The van der Waals surface area contributed by atoms with E-state index in [9.17, 15) is 5.26 Å². The first kappa shape index (κ1) is 15.1. The summed E-state index contributed by atoms with van der Waals surface area (Å²) in [7, 11) is 0. The fourth-order valence-electron chi connectivity index (χ4n) is 2.08. The molecule has 1 aromatic carbocycles. The second-order valence-corrected chi connectivity index (χ2v) is 7.13. The molecule has 0 amide bonds. The summed E-state index contributed by atoms with van der Waals surface area (Å²) in [4.78, 5) is 0. The molecule has 2 aromatic rings. The number of benzene rings is 1. The first-order valence-electron chi connectivity index (χ1n) is 6.57. The molecule has 0 radical (unpaired) electrons. The summed E-state index contributed by atoms with van der Waals surface area (Å²) in [5.41, 5.74) is 0.379. The molecule has 1 aromatic heterocycles. The van der Waals surface area contributed by atoms with Crippen LogP contribution in [0.15, 0.2) is 52.1 Å². The van der Waals surface area contributed by atoms with Gasteiger partial charge in [0.2, 0.25) is 0 Å². The SMILES string of the molecule is CC(C)NC(C#N)(CSc1cccs1)c1ccccc1. The molecule has 0 saturated carbocycles.